The van der Waals surface area contributed by atoms with Crippen LogP contribution in [0.25, 0.3) is 0 Å². The van der Waals surface area contributed by atoms with Gasteiger partial charge in [0.25, 0.3) is 0 Å². The molecular formula is GeO3Si. The first kappa shape index (κ1) is 8.94. The average molecular weight is 149 g/mol. The van der Waals surface area contributed by atoms with Gasteiger partial charge in [-0.3, -0.25) is 8.92 Å². The van der Waals surface area contributed by atoms with Crippen LogP contribution < -0.4 is 0 Å². The Hall–Kier alpha value is 0.160. The van der Waals surface area contributed by atoms with Crippen LogP contribution in [0.3, 0.4) is 0 Å². The van der Waals surface area contributed by atoms with Crippen LogP contribution >= 0.6 is 0 Å². The summed E-state index contributed by atoms with van der Waals surface area (Å²) in [6.07, 6.45) is 0. The number of hydrogen-bond donors (Lipinski definition) is 0. The van der Waals surface area contributed by atoms with Gasteiger partial charge in [0.05, 0.1) is 0 Å². The van der Waals surface area contributed by atoms with Gasteiger partial charge in [-0.15, -0.1) is 0 Å². The Kier molecular flexibility index (Phi) is 55.2. The summed E-state index contributed by atoms with van der Waals surface area (Å²) in [6.45, 7) is 0. The van der Waals surface area contributed by atoms with Gasteiger partial charge in [-0.2, -0.15) is 0 Å². The van der Waals surface area contributed by atoms with Crippen molar-refractivity contribution in [1.29, 1.82) is 0 Å². The van der Waals surface area contributed by atoms with E-state index in [0.717, 1.165) is 16.5 Å². The van der Waals surface area contributed by atoms with Gasteiger partial charge >= 0.3 is 29.5 Å². The molecular weight excluding hydrogens is 149 g/mol. The van der Waals surface area contributed by atoms with Crippen LogP contribution in [0.5, 0.6) is 0 Å². The van der Waals surface area contributed by atoms with E-state index in [9.17, 15) is 0 Å². The molecule has 0 aromatic rings. The minimum atomic E-state index is -1.42. The zero-order valence-electron chi connectivity index (χ0n) is 2.22. The molecule has 0 bridgehead atoms. The molecule has 0 saturated carbocycles. The van der Waals surface area contributed by atoms with Crippen LogP contribution in [0.1, 0.15) is 0 Å². The second kappa shape index (κ2) is 30.9. The van der Waals surface area contributed by atoms with Crippen LogP contribution in [0.15, 0.2) is 0 Å². The minimum absolute atomic E-state index is 0.750. The summed E-state index contributed by atoms with van der Waals surface area (Å²) >= 11 is 0.750. The Labute approximate surface area is 39.1 Å². The molecule has 5 heteroatoms. The zero-order valence-corrected chi connectivity index (χ0v) is 5.32. The number of hydrogen-bond acceptors (Lipinski definition) is 3. The van der Waals surface area contributed by atoms with E-state index in [1.807, 2.05) is 0 Å². The van der Waals surface area contributed by atoms with Crippen molar-refractivity contribution in [3.63, 3.8) is 0 Å². The van der Waals surface area contributed by atoms with Crippen LogP contribution in [-0.4, -0.2) is 25.7 Å². The molecule has 26 valence electrons. The van der Waals surface area contributed by atoms with E-state index in [0.29, 0.717) is 0 Å². The maximum absolute atomic E-state index is 8.40. The van der Waals surface area contributed by atoms with Crippen LogP contribution in [0.2, 0.25) is 0 Å². The molecule has 3 nitrogen and oxygen atoms in total. The molecule has 0 unspecified atom stereocenters. The van der Waals surface area contributed by atoms with E-state index in [1.165, 1.54) is 0 Å². The summed E-state index contributed by atoms with van der Waals surface area (Å²) in [7, 11) is -1.42. The zero-order chi connectivity index (χ0) is 4.71. The normalized spacial score (nSPS) is 2.40. The molecule has 0 aromatic heterocycles. The van der Waals surface area contributed by atoms with E-state index in [1.54, 1.807) is 0 Å². The molecule has 5 heavy (non-hydrogen) atoms. The van der Waals surface area contributed by atoms with E-state index >= 15 is 0 Å². The van der Waals surface area contributed by atoms with Crippen LogP contribution in [-0.2, 0) is 12.7 Å². The fourth-order valence-corrected chi connectivity index (χ4v) is 0. The Bertz CT molecular complexity index is 36.2. The maximum atomic E-state index is 8.40. The predicted octanol–water partition coefficient (Wildman–Crippen LogP) is -1.12. The number of rotatable bonds is 0. The van der Waals surface area contributed by atoms with E-state index < -0.39 is 9.29 Å². The monoisotopic (exact) mass is 150 g/mol. The fourth-order valence-electron chi connectivity index (χ4n) is 0. The SMILES string of the molecule is O=[Si]=O.[O]=[Ge]. The fraction of sp³-hybridized carbons (Fsp3) is 0. The van der Waals surface area contributed by atoms with Gasteiger partial charge < -0.3 is 0 Å². The Morgan fingerprint density at radius 1 is 1.20 bits per heavy atom. The van der Waals surface area contributed by atoms with Crippen molar-refractivity contribution in [1.82, 2.24) is 0 Å². The van der Waals surface area contributed by atoms with Gasteiger partial charge in [0.1, 0.15) is 0 Å². The quantitative estimate of drug-likeness (QED) is 0.409. The third-order valence-corrected chi connectivity index (χ3v) is 0. The summed E-state index contributed by atoms with van der Waals surface area (Å²) in [5.74, 6) is 0. The van der Waals surface area contributed by atoms with E-state index in [-0.39, 0.29) is 0 Å². The molecule has 0 aromatic carbocycles. The second-order valence-electron chi connectivity index (χ2n) is 0.0833. The molecule has 0 rings (SSSR count). The molecule has 0 aliphatic heterocycles. The van der Waals surface area contributed by atoms with E-state index in [2.05, 4.69) is 0 Å². The molecule has 0 spiro atoms. The van der Waals surface area contributed by atoms with Gasteiger partial charge in [0.2, 0.25) is 0 Å². The topological polar surface area (TPSA) is 51.2 Å². The van der Waals surface area contributed by atoms with Crippen molar-refractivity contribution in [3.8, 4) is 0 Å². The molecule has 0 N–H and O–H groups in total. The summed E-state index contributed by atoms with van der Waals surface area (Å²) in [6, 6.07) is 0. The van der Waals surface area contributed by atoms with Crippen molar-refractivity contribution < 1.29 is 12.7 Å². The summed E-state index contributed by atoms with van der Waals surface area (Å²) in [5, 5.41) is 0. The van der Waals surface area contributed by atoms with Gasteiger partial charge in [-0.05, 0) is 0 Å². The molecule has 0 fully saturated rings. The summed E-state index contributed by atoms with van der Waals surface area (Å²) in [5.41, 5.74) is 0. The van der Waals surface area contributed by atoms with Gasteiger partial charge in [-0.25, -0.2) is 0 Å². The molecule has 0 saturated heterocycles. The first-order chi connectivity index (χ1) is 2.41. The standard InChI is InChI=1S/GeO.O2Si/c1-2;1-3-2. The van der Waals surface area contributed by atoms with Crippen LogP contribution in [0, 0.1) is 0 Å². The van der Waals surface area contributed by atoms with Crippen molar-refractivity contribution in [2.24, 2.45) is 0 Å². The Morgan fingerprint density at radius 2 is 1.20 bits per heavy atom. The van der Waals surface area contributed by atoms with Gasteiger partial charge in [0, 0.05) is 0 Å². The van der Waals surface area contributed by atoms with Crippen molar-refractivity contribution in [2.45, 2.75) is 0 Å². The van der Waals surface area contributed by atoms with Crippen molar-refractivity contribution in [3.05, 3.63) is 0 Å². The molecule has 0 atom stereocenters. The Morgan fingerprint density at radius 3 is 1.20 bits per heavy atom. The second-order valence-corrected chi connectivity index (χ2v) is 0.250. The van der Waals surface area contributed by atoms with Gasteiger partial charge in [-0.1, -0.05) is 0 Å². The summed E-state index contributed by atoms with van der Waals surface area (Å²) in [4.78, 5) is 0. The Balaban J connectivity index is 0. The third kappa shape index (κ3) is 760. The summed E-state index contributed by atoms with van der Waals surface area (Å²) < 4.78 is 25.1. The van der Waals surface area contributed by atoms with Crippen molar-refractivity contribution in [2.75, 3.05) is 0 Å². The molecule has 0 amide bonds. The molecule has 0 heterocycles. The van der Waals surface area contributed by atoms with Crippen molar-refractivity contribution >= 4 is 25.7 Å². The first-order valence-corrected chi connectivity index (χ1v) is 2.29. The average Bonchev–Trinajstić information content (AvgIpc) is 1.46. The molecule has 0 aliphatic carbocycles. The molecule has 2 radical (unpaired) electrons. The predicted molar refractivity (Wildman–Crippen MR) is 13.6 cm³/mol. The van der Waals surface area contributed by atoms with E-state index in [4.69, 9.17) is 12.7 Å². The first-order valence-electron chi connectivity index (χ1n) is 0.612. The third-order valence-electron chi connectivity index (χ3n) is 0. The molecule has 0 aliphatic rings. The van der Waals surface area contributed by atoms with Gasteiger partial charge in [0.15, 0.2) is 0 Å². The van der Waals surface area contributed by atoms with Crippen LogP contribution in [0.4, 0.5) is 0 Å².